The lowest BCUT2D eigenvalue weighted by atomic mass is 10.0. The largest absolute Gasteiger partial charge is 0.478 e. The van der Waals surface area contributed by atoms with Crippen molar-refractivity contribution in [3.63, 3.8) is 0 Å². The van der Waals surface area contributed by atoms with Crippen molar-refractivity contribution in [2.45, 2.75) is 19.6 Å². The van der Waals surface area contributed by atoms with E-state index >= 15 is 0 Å². The normalized spacial score (nSPS) is 11.7. The Hall–Kier alpha value is -4.53. The molecule has 0 unspecified atom stereocenters. The molecule has 10 heteroatoms. The van der Waals surface area contributed by atoms with Gasteiger partial charge in [-0.1, -0.05) is 65.7 Å². The zero-order valence-corrected chi connectivity index (χ0v) is 24.1. The number of rotatable bonds is 8. The Balaban J connectivity index is 1.29. The van der Waals surface area contributed by atoms with Gasteiger partial charge in [0.15, 0.2) is 0 Å². The fraction of sp³-hybridized carbons (Fsp3) is 0.0909. The highest BCUT2D eigenvalue weighted by molar-refractivity contribution is 6.36. The fourth-order valence-corrected chi connectivity index (χ4v) is 4.97. The summed E-state index contributed by atoms with van der Waals surface area (Å²) in [6, 6.07) is 22.8. The smallest absolute Gasteiger partial charge is 0.417 e. The quantitative estimate of drug-likeness (QED) is 0.187. The first-order valence-electron chi connectivity index (χ1n) is 13.1. The van der Waals surface area contributed by atoms with Crippen LogP contribution in [0.1, 0.15) is 34.2 Å². The monoisotopic (exact) mass is 622 g/mol. The van der Waals surface area contributed by atoms with Crippen LogP contribution in [0.5, 0.6) is 11.5 Å². The van der Waals surface area contributed by atoms with Crippen LogP contribution in [0.2, 0.25) is 10.0 Å². The second kappa shape index (κ2) is 12.4. The van der Waals surface area contributed by atoms with Crippen LogP contribution in [-0.4, -0.2) is 20.6 Å². The summed E-state index contributed by atoms with van der Waals surface area (Å²) < 4.78 is 47.6. The zero-order chi connectivity index (χ0) is 30.7. The Morgan fingerprint density at radius 2 is 1.56 bits per heavy atom. The number of ether oxygens (including phenoxy) is 1. The maximum absolute atomic E-state index is 13.3. The molecule has 5 nitrogen and oxygen atoms in total. The minimum atomic E-state index is -4.83. The third-order valence-corrected chi connectivity index (χ3v) is 7.19. The van der Waals surface area contributed by atoms with Crippen molar-refractivity contribution in [2.24, 2.45) is 0 Å². The number of hydrogen-bond acceptors (Lipinski definition) is 3. The summed E-state index contributed by atoms with van der Waals surface area (Å²) in [4.78, 5) is 15.9. The zero-order valence-electron chi connectivity index (χ0n) is 22.6. The molecule has 0 saturated carbocycles. The Labute approximate surface area is 255 Å². The van der Waals surface area contributed by atoms with Crippen molar-refractivity contribution < 1.29 is 27.8 Å². The summed E-state index contributed by atoms with van der Waals surface area (Å²) in [7, 11) is 0. The molecule has 0 aliphatic rings. The first-order chi connectivity index (χ1) is 20.5. The summed E-state index contributed by atoms with van der Waals surface area (Å²) in [5.74, 6) is -0.688. The molecule has 0 bridgehead atoms. The van der Waals surface area contributed by atoms with Crippen LogP contribution in [0, 0.1) is 0 Å². The van der Waals surface area contributed by atoms with Crippen LogP contribution >= 0.6 is 23.2 Å². The number of nitrogens with zero attached hydrogens (tertiary/aromatic N) is 2. The van der Waals surface area contributed by atoms with Gasteiger partial charge in [-0.3, -0.25) is 0 Å². The molecule has 218 valence electrons. The van der Waals surface area contributed by atoms with Gasteiger partial charge in [-0.2, -0.15) is 13.2 Å². The highest BCUT2D eigenvalue weighted by atomic mass is 35.5. The van der Waals surface area contributed by atoms with Crippen LogP contribution < -0.4 is 4.74 Å². The van der Waals surface area contributed by atoms with Crippen LogP contribution in [0.4, 0.5) is 13.2 Å². The van der Waals surface area contributed by atoms with Crippen LogP contribution in [0.25, 0.3) is 34.5 Å². The molecular formula is C33H23Cl2F3N2O3. The number of hydrogen-bond donors (Lipinski definition) is 1. The molecule has 0 fully saturated rings. The summed E-state index contributed by atoms with van der Waals surface area (Å²) in [5.41, 5.74) is 2.23. The van der Waals surface area contributed by atoms with E-state index in [9.17, 15) is 18.0 Å². The van der Waals surface area contributed by atoms with E-state index in [0.29, 0.717) is 21.9 Å². The van der Waals surface area contributed by atoms with Crippen LogP contribution in [-0.2, 0) is 12.7 Å². The number of carboxylic acid groups (broad SMARTS) is 1. The van der Waals surface area contributed by atoms with Gasteiger partial charge in [-0.25, -0.2) is 9.78 Å². The highest BCUT2D eigenvalue weighted by Gasteiger charge is 2.35. The number of imidazole rings is 1. The Morgan fingerprint density at radius 1 is 0.907 bits per heavy atom. The average Bonchev–Trinajstić information content (AvgIpc) is 3.39. The SMILES string of the molecule is CCn1cc(-c2ccc(Cl)cc2Cl)nc1/C=C/c1ccc(-c2ccc(Oc3ccc(C(=O)O)c(C(F)(F)F)c3)cc2)cc1. The third kappa shape index (κ3) is 6.93. The van der Waals surface area contributed by atoms with Crippen molar-refractivity contribution in [1.29, 1.82) is 0 Å². The predicted octanol–water partition coefficient (Wildman–Crippen LogP) is 10.2. The number of carbonyl (C=O) groups is 1. The number of alkyl halides is 3. The second-order valence-corrected chi connectivity index (χ2v) is 10.3. The van der Waals surface area contributed by atoms with Crippen molar-refractivity contribution >= 4 is 41.3 Å². The van der Waals surface area contributed by atoms with E-state index in [1.807, 2.05) is 60.2 Å². The second-order valence-electron chi connectivity index (χ2n) is 9.49. The molecule has 4 aromatic carbocycles. The first kappa shape index (κ1) is 29.9. The van der Waals surface area contributed by atoms with Crippen LogP contribution in [0.15, 0.2) is 91.1 Å². The molecule has 5 rings (SSSR count). The van der Waals surface area contributed by atoms with Gasteiger partial charge in [0, 0.05) is 23.3 Å². The molecule has 1 heterocycles. The number of aromatic carboxylic acids is 1. The van der Waals surface area contributed by atoms with E-state index in [1.165, 1.54) is 6.07 Å². The fourth-order valence-electron chi connectivity index (χ4n) is 4.46. The molecule has 0 radical (unpaired) electrons. The van der Waals surface area contributed by atoms with E-state index in [0.717, 1.165) is 46.4 Å². The number of aromatic nitrogens is 2. The minimum Gasteiger partial charge on any atom is -0.478 e. The van der Waals surface area contributed by atoms with Gasteiger partial charge < -0.3 is 14.4 Å². The standard InChI is InChI=1S/C33H23Cl2F3N2O3/c1-2-40-19-30(27-14-10-23(34)17-29(27)35)39-31(40)16-5-20-3-6-21(7-4-20)22-8-11-24(12-9-22)43-25-13-15-26(32(41)42)28(18-25)33(36,37)38/h3-19H,2H2,1H3,(H,41,42)/b16-5+. The lowest BCUT2D eigenvalue weighted by Crippen LogP contribution is -2.12. The number of halogens is 5. The Bertz CT molecular complexity index is 1810. The molecule has 0 atom stereocenters. The molecule has 5 aromatic rings. The van der Waals surface area contributed by atoms with Crippen LogP contribution in [0.3, 0.4) is 0 Å². The van der Waals surface area contributed by atoms with Gasteiger partial charge in [0.05, 0.1) is 21.8 Å². The lowest BCUT2D eigenvalue weighted by molar-refractivity contribution is -0.138. The molecule has 43 heavy (non-hydrogen) atoms. The molecule has 0 spiro atoms. The topological polar surface area (TPSA) is 64.4 Å². The van der Waals surface area contributed by atoms with E-state index < -0.39 is 23.3 Å². The summed E-state index contributed by atoms with van der Waals surface area (Å²) >= 11 is 12.4. The molecule has 0 aliphatic heterocycles. The molecule has 1 N–H and O–H groups in total. The minimum absolute atomic E-state index is 0.117. The Kier molecular flexibility index (Phi) is 8.62. The van der Waals surface area contributed by atoms with Crippen molar-refractivity contribution in [3.8, 4) is 33.9 Å². The molecule has 1 aromatic heterocycles. The summed E-state index contributed by atoms with van der Waals surface area (Å²) in [5, 5.41) is 10.2. The summed E-state index contributed by atoms with van der Waals surface area (Å²) in [6.45, 7) is 2.76. The first-order valence-corrected chi connectivity index (χ1v) is 13.8. The number of carboxylic acids is 1. The molecule has 0 amide bonds. The molecular weight excluding hydrogens is 600 g/mol. The van der Waals surface area contributed by atoms with Gasteiger partial charge in [0.2, 0.25) is 0 Å². The number of aryl methyl sites for hydroxylation is 1. The van der Waals surface area contributed by atoms with E-state index in [-0.39, 0.29) is 5.75 Å². The van der Waals surface area contributed by atoms with Crippen molar-refractivity contribution in [3.05, 3.63) is 124 Å². The van der Waals surface area contributed by atoms with Gasteiger partial charge >= 0.3 is 12.1 Å². The number of benzene rings is 4. The van der Waals surface area contributed by atoms with Crippen molar-refractivity contribution in [1.82, 2.24) is 9.55 Å². The van der Waals surface area contributed by atoms with Gasteiger partial charge in [0.1, 0.15) is 17.3 Å². The Morgan fingerprint density at radius 3 is 2.16 bits per heavy atom. The molecule has 0 aliphatic carbocycles. The van der Waals surface area contributed by atoms with Gasteiger partial charge in [0.25, 0.3) is 0 Å². The summed E-state index contributed by atoms with van der Waals surface area (Å²) in [6.07, 6.45) is 1.02. The third-order valence-electron chi connectivity index (χ3n) is 6.64. The van der Waals surface area contributed by atoms with E-state index in [4.69, 9.17) is 38.0 Å². The van der Waals surface area contributed by atoms with Gasteiger partial charge in [-0.05, 0) is 78.2 Å². The van der Waals surface area contributed by atoms with E-state index in [2.05, 4.69) is 0 Å². The molecule has 0 saturated heterocycles. The van der Waals surface area contributed by atoms with Crippen molar-refractivity contribution in [2.75, 3.05) is 0 Å². The van der Waals surface area contributed by atoms with Gasteiger partial charge in [-0.15, -0.1) is 0 Å². The maximum Gasteiger partial charge on any atom is 0.417 e. The highest BCUT2D eigenvalue weighted by Crippen LogP contribution is 2.36. The average molecular weight is 623 g/mol. The van der Waals surface area contributed by atoms with E-state index in [1.54, 1.807) is 36.4 Å². The maximum atomic E-state index is 13.3. The lowest BCUT2D eigenvalue weighted by Gasteiger charge is -2.13. The predicted molar refractivity (Wildman–Crippen MR) is 163 cm³/mol.